The number of anilines is 1. The summed E-state index contributed by atoms with van der Waals surface area (Å²) >= 11 is 3.54. The number of hydrogen-bond donors (Lipinski definition) is 1. The molecule has 0 atom stereocenters. The number of aryl methyl sites for hydroxylation is 2. The van der Waals surface area contributed by atoms with Crippen molar-refractivity contribution in [3.8, 4) is 0 Å². The van der Waals surface area contributed by atoms with Gasteiger partial charge in [0.1, 0.15) is 11.5 Å². The molecule has 1 aromatic carbocycles. The molecule has 0 fully saturated rings. The van der Waals surface area contributed by atoms with Gasteiger partial charge < -0.3 is 9.73 Å². The van der Waals surface area contributed by atoms with E-state index in [0.29, 0.717) is 5.57 Å². The molecule has 0 spiro atoms. The van der Waals surface area contributed by atoms with Gasteiger partial charge in [0, 0.05) is 22.1 Å². The molecule has 0 radical (unpaired) electrons. The molecule has 0 saturated carbocycles. The fourth-order valence-electron chi connectivity index (χ4n) is 3.31. The molecule has 112 valence electrons. The van der Waals surface area contributed by atoms with Gasteiger partial charge >= 0.3 is 0 Å². The molecule has 2 aromatic rings. The summed E-state index contributed by atoms with van der Waals surface area (Å²) in [5.74, 6) is 1.80. The number of rotatable bonds is 1. The Bertz CT molecular complexity index is 793. The number of furan rings is 1. The molecule has 0 saturated heterocycles. The summed E-state index contributed by atoms with van der Waals surface area (Å²) in [6, 6.07) is 5.97. The number of carbonyl (C=O) groups is 1. The van der Waals surface area contributed by atoms with Crippen molar-refractivity contribution in [3.05, 3.63) is 50.9 Å². The molecular formula is C18H16BrNO2. The van der Waals surface area contributed by atoms with Crippen LogP contribution in [0.15, 0.2) is 27.1 Å². The molecule has 2 aliphatic rings. The molecule has 0 bridgehead atoms. The summed E-state index contributed by atoms with van der Waals surface area (Å²) in [4.78, 5) is 12.3. The van der Waals surface area contributed by atoms with Crippen LogP contribution in [0.2, 0.25) is 0 Å². The fourth-order valence-corrected chi connectivity index (χ4v) is 3.64. The van der Waals surface area contributed by atoms with Crippen molar-refractivity contribution in [1.82, 2.24) is 0 Å². The zero-order valence-electron chi connectivity index (χ0n) is 12.3. The van der Waals surface area contributed by atoms with E-state index in [1.54, 1.807) is 0 Å². The molecule has 1 amide bonds. The first-order valence-electron chi connectivity index (χ1n) is 7.57. The first-order valence-corrected chi connectivity index (χ1v) is 8.37. The number of nitrogens with one attached hydrogen (secondary N) is 1. The molecule has 22 heavy (non-hydrogen) atoms. The van der Waals surface area contributed by atoms with E-state index in [0.717, 1.165) is 45.6 Å². The zero-order valence-corrected chi connectivity index (χ0v) is 13.9. The molecule has 4 heteroatoms. The van der Waals surface area contributed by atoms with Gasteiger partial charge in [-0.05, 0) is 61.6 Å². The first-order chi connectivity index (χ1) is 10.6. The van der Waals surface area contributed by atoms with Gasteiger partial charge in [-0.15, -0.1) is 0 Å². The molecule has 1 aliphatic carbocycles. The number of benzene rings is 1. The van der Waals surface area contributed by atoms with E-state index in [-0.39, 0.29) is 5.91 Å². The predicted molar refractivity (Wildman–Crippen MR) is 90.7 cm³/mol. The number of halogens is 1. The normalized spacial score (nSPS) is 18.3. The number of hydrogen-bond acceptors (Lipinski definition) is 2. The topological polar surface area (TPSA) is 42.2 Å². The highest BCUT2D eigenvalue weighted by molar-refractivity contribution is 9.10. The van der Waals surface area contributed by atoms with Gasteiger partial charge in [0.25, 0.3) is 5.91 Å². The van der Waals surface area contributed by atoms with Crippen molar-refractivity contribution in [2.24, 2.45) is 0 Å². The Kier molecular flexibility index (Phi) is 3.22. The van der Waals surface area contributed by atoms with Gasteiger partial charge in [0.05, 0.1) is 5.57 Å². The smallest absolute Gasteiger partial charge is 0.256 e. The van der Waals surface area contributed by atoms with E-state index >= 15 is 0 Å². The van der Waals surface area contributed by atoms with Crippen molar-refractivity contribution in [3.63, 3.8) is 0 Å². The van der Waals surface area contributed by atoms with Gasteiger partial charge in [-0.3, -0.25) is 4.79 Å². The molecule has 4 rings (SSSR count). The van der Waals surface area contributed by atoms with E-state index in [4.69, 9.17) is 4.42 Å². The molecule has 1 N–H and O–H groups in total. The van der Waals surface area contributed by atoms with Crippen LogP contribution >= 0.6 is 15.9 Å². The second-order valence-corrected chi connectivity index (χ2v) is 6.77. The van der Waals surface area contributed by atoms with Crippen LogP contribution in [-0.4, -0.2) is 5.91 Å². The van der Waals surface area contributed by atoms with Crippen LogP contribution in [0.5, 0.6) is 0 Å². The van der Waals surface area contributed by atoms with E-state index in [2.05, 4.69) is 27.3 Å². The molecule has 1 aromatic heterocycles. The van der Waals surface area contributed by atoms with E-state index < -0.39 is 0 Å². The maximum absolute atomic E-state index is 12.3. The maximum atomic E-state index is 12.3. The van der Waals surface area contributed by atoms with Gasteiger partial charge in [0.2, 0.25) is 0 Å². The van der Waals surface area contributed by atoms with Crippen LogP contribution < -0.4 is 5.32 Å². The lowest BCUT2D eigenvalue weighted by Crippen LogP contribution is -2.03. The zero-order chi connectivity index (χ0) is 15.3. The first kappa shape index (κ1) is 13.8. The number of amides is 1. The molecule has 3 nitrogen and oxygen atoms in total. The molecule has 0 unspecified atom stereocenters. The Morgan fingerprint density at radius 2 is 2.09 bits per heavy atom. The monoisotopic (exact) mass is 357 g/mol. The van der Waals surface area contributed by atoms with Gasteiger partial charge in [0.15, 0.2) is 0 Å². The summed E-state index contributed by atoms with van der Waals surface area (Å²) in [7, 11) is 0. The van der Waals surface area contributed by atoms with E-state index in [1.807, 2.05) is 25.1 Å². The third kappa shape index (κ3) is 2.13. The average molecular weight is 358 g/mol. The van der Waals surface area contributed by atoms with Crippen LogP contribution in [0.3, 0.4) is 0 Å². The lowest BCUT2D eigenvalue weighted by Gasteiger charge is -2.07. The highest BCUT2D eigenvalue weighted by Crippen LogP contribution is 2.39. The van der Waals surface area contributed by atoms with Crippen molar-refractivity contribution in [2.75, 3.05) is 5.32 Å². The quantitative estimate of drug-likeness (QED) is 0.750. The van der Waals surface area contributed by atoms with Gasteiger partial charge in [-0.2, -0.15) is 0 Å². The van der Waals surface area contributed by atoms with Gasteiger partial charge in [-0.25, -0.2) is 0 Å². The Morgan fingerprint density at radius 3 is 2.91 bits per heavy atom. The molecule has 2 heterocycles. The lowest BCUT2D eigenvalue weighted by molar-refractivity contribution is -0.110. The minimum absolute atomic E-state index is 0.0643. The summed E-state index contributed by atoms with van der Waals surface area (Å²) in [6.45, 7) is 2.02. The average Bonchev–Trinajstić information content (AvgIpc) is 3.05. The fraction of sp³-hybridized carbons (Fsp3) is 0.278. The third-order valence-electron chi connectivity index (χ3n) is 4.46. The van der Waals surface area contributed by atoms with Crippen molar-refractivity contribution in [2.45, 2.75) is 32.6 Å². The number of fused-ring (bicyclic) bond motifs is 2. The summed E-state index contributed by atoms with van der Waals surface area (Å²) < 4.78 is 6.94. The second-order valence-electron chi connectivity index (χ2n) is 5.91. The minimum atomic E-state index is -0.0643. The Labute approximate surface area is 137 Å². The third-order valence-corrected chi connectivity index (χ3v) is 5.32. The lowest BCUT2D eigenvalue weighted by atomic mass is 9.98. The van der Waals surface area contributed by atoms with Crippen molar-refractivity contribution in [1.29, 1.82) is 0 Å². The molecular weight excluding hydrogens is 342 g/mol. The van der Waals surface area contributed by atoms with Crippen LogP contribution in [0.4, 0.5) is 5.69 Å². The predicted octanol–water partition coefficient (Wildman–Crippen LogP) is 4.72. The second kappa shape index (κ2) is 5.13. The summed E-state index contributed by atoms with van der Waals surface area (Å²) in [6.07, 6.45) is 6.37. The van der Waals surface area contributed by atoms with E-state index in [1.165, 1.54) is 18.4 Å². The Hall–Kier alpha value is -1.81. The highest BCUT2D eigenvalue weighted by atomic mass is 79.9. The minimum Gasteiger partial charge on any atom is -0.461 e. The largest absolute Gasteiger partial charge is 0.461 e. The maximum Gasteiger partial charge on any atom is 0.256 e. The van der Waals surface area contributed by atoms with Crippen LogP contribution in [0.1, 0.15) is 41.1 Å². The van der Waals surface area contributed by atoms with Crippen molar-refractivity contribution >= 4 is 39.2 Å². The Balaban J connectivity index is 1.82. The summed E-state index contributed by atoms with van der Waals surface area (Å²) in [5.41, 5.74) is 4.88. The van der Waals surface area contributed by atoms with E-state index in [9.17, 15) is 4.79 Å². The standard InChI is InChI=1S/C18H16BrNO2/c1-10-14(19)6-7-15-17(10)13(18(21)20-15)9-12-8-11-4-2-3-5-16(11)22-12/h6-9H,2-5H2,1H3,(H,20,21). The van der Waals surface area contributed by atoms with Gasteiger partial charge in [-0.1, -0.05) is 15.9 Å². The molecule has 1 aliphatic heterocycles. The summed E-state index contributed by atoms with van der Waals surface area (Å²) in [5, 5.41) is 2.93. The SMILES string of the molecule is Cc1c(Br)ccc2c1C(=Cc1cc3c(o1)CCCC3)C(=O)N2. The van der Waals surface area contributed by atoms with Crippen LogP contribution in [0, 0.1) is 6.92 Å². The highest BCUT2D eigenvalue weighted by Gasteiger charge is 2.27. The number of carbonyl (C=O) groups excluding carboxylic acids is 1. The van der Waals surface area contributed by atoms with Crippen LogP contribution in [0.25, 0.3) is 11.6 Å². The van der Waals surface area contributed by atoms with Crippen LogP contribution in [-0.2, 0) is 17.6 Å². The van der Waals surface area contributed by atoms with Crippen molar-refractivity contribution < 1.29 is 9.21 Å². The Morgan fingerprint density at radius 1 is 1.27 bits per heavy atom.